The normalized spacial score (nSPS) is 10.1. The fourth-order valence-electron chi connectivity index (χ4n) is 2.00. The van der Waals surface area contributed by atoms with Gasteiger partial charge >= 0.3 is 5.69 Å². The first-order chi connectivity index (χ1) is 10.2. The monoisotopic (exact) mass is 287 g/mol. The summed E-state index contributed by atoms with van der Waals surface area (Å²) in [6.45, 7) is 2.75. The number of nitrogens with zero attached hydrogens (tertiary/aromatic N) is 2. The van der Waals surface area contributed by atoms with E-state index in [-0.39, 0.29) is 11.4 Å². The molecule has 21 heavy (non-hydrogen) atoms. The quantitative estimate of drug-likeness (QED) is 0.625. The van der Waals surface area contributed by atoms with Crippen molar-refractivity contribution in [2.45, 2.75) is 13.3 Å². The maximum absolute atomic E-state index is 11.2. The number of benzene rings is 1. The Hall–Kier alpha value is -2.63. The van der Waals surface area contributed by atoms with Crippen LogP contribution in [0.2, 0.25) is 0 Å². The molecule has 2 aromatic rings. The zero-order valence-electron chi connectivity index (χ0n) is 11.8. The molecule has 1 N–H and O–H groups in total. The summed E-state index contributed by atoms with van der Waals surface area (Å²) in [7, 11) is 0. The predicted molar refractivity (Wildman–Crippen MR) is 80.7 cm³/mol. The van der Waals surface area contributed by atoms with Crippen LogP contribution in [0.15, 0.2) is 42.6 Å². The molecule has 0 aliphatic heterocycles. The second-order valence-corrected chi connectivity index (χ2v) is 4.34. The van der Waals surface area contributed by atoms with E-state index in [1.807, 2.05) is 18.2 Å². The van der Waals surface area contributed by atoms with Gasteiger partial charge in [-0.05, 0) is 31.2 Å². The highest BCUT2D eigenvalue weighted by Crippen LogP contribution is 2.34. The molecule has 1 aromatic carbocycles. The Kier molecular flexibility index (Phi) is 5.09. The molecule has 1 aromatic heterocycles. The molecule has 0 atom stereocenters. The van der Waals surface area contributed by atoms with Gasteiger partial charge in [0.25, 0.3) is 0 Å². The molecule has 6 nitrogen and oxygen atoms in total. The lowest BCUT2D eigenvalue weighted by molar-refractivity contribution is -0.384. The van der Waals surface area contributed by atoms with Crippen LogP contribution in [0.4, 0.5) is 11.4 Å². The van der Waals surface area contributed by atoms with Crippen molar-refractivity contribution in [1.29, 1.82) is 0 Å². The Morgan fingerprint density at radius 3 is 2.81 bits per heavy atom. The second kappa shape index (κ2) is 7.23. The van der Waals surface area contributed by atoms with Gasteiger partial charge < -0.3 is 10.1 Å². The lowest BCUT2D eigenvalue weighted by Gasteiger charge is -2.10. The fourth-order valence-corrected chi connectivity index (χ4v) is 2.00. The van der Waals surface area contributed by atoms with Gasteiger partial charge in [0, 0.05) is 24.9 Å². The van der Waals surface area contributed by atoms with Crippen LogP contribution in [-0.2, 0) is 6.42 Å². The molecule has 0 aliphatic carbocycles. The number of anilines is 1. The fraction of sp³-hybridized carbons (Fsp3) is 0.267. The van der Waals surface area contributed by atoms with E-state index in [1.165, 1.54) is 0 Å². The lowest BCUT2D eigenvalue weighted by Crippen LogP contribution is -2.08. The maximum atomic E-state index is 11.2. The number of rotatable bonds is 7. The smallest absolute Gasteiger partial charge is 0.333 e. The van der Waals surface area contributed by atoms with E-state index in [1.54, 1.807) is 31.3 Å². The highest BCUT2D eigenvalue weighted by atomic mass is 16.6. The van der Waals surface area contributed by atoms with Gasteiger partial charge in [0.15, 0.2) is 5.75 Å². The Morgan fingerprint density at radius 2 is 2.14 bits per heavy atom. The Balaban J connectivity index is 2.08. The zero-order chi connectivity index (χ0) is 15.1. The summed E-state index contributed by atoms with van der Waals surface area (Å²) in [5.74, 6) is 0.283. The number of nitro benzene ring substituents is 1. The van der Waals surface area contributed by atoms with E-state index in [0.29, 0.717) is 25.3 Å². The molecule has 0 fully saturated rings. The van der Waals surface area contributed by atoms with Gasteiger partial charge in [0.2, 0.25) is 0 Å². The molecule has 0 spiro atoms. The van der Waals surface area contributed by atoms with Crippen molar-refractivity contribution < 1.29 is 9.66 Å². The number of aromatic nitrogens is 1. The van der Waals surface area contributed by atoms with E-state index in [2.05, 4.69) is 10.3 Å². The first-order valence-electron chi connectivity index (χ1n) is 6.76. The third kappa shape index (κ3) is 3.92. The first-order valence-corrected chi connectivity index (χ1v) is 6.76. The third-order valence-electron chi connectivity index (χ3n) is 2.90. The first kappa shape index (κ1) is 14.8. The van der Waals surface area contributed by atoms with Crippen LogP contribution in [0, 0.1) is 10.1 Å². The van der Waals surface area contributed by atoms with Gasteiger partial charge in [0.1, 0.15) is 5.69 Å². The number of para-hydroxylation sites is 1. The molecule has 110 valence electrons. The standard InChI is InChI=1S/C15H17N3O3/c1-2-21-14-8-5-7-13(15(14)18(19)20)17-11-9-12-6-3-4-10-16-12/h3-8,10,17H,2,9,11H2,1H3. The molecule has 0 saturated carbocycles. The van der Waals surface area contributed by atoms with E-state index >= 15 is 0 Å². The minimum absolute atomic E-state index is 0.0274. The summed E-state index contributed by atoms with van der Waals surface area (Å²) in [5.41, 5.74) is 1.37. The number of ether oxygens (including phenoxy) is 1. The van der Waals surface area contributed by atoms with Gasteiger partial charge in [-0.3, -0.25) is 15.1 Å². The SMILES string of the molecule is CCOc1cccc(NCCc2ccccn2)c1[N+](=O)[O-]. The summed E-state index contributed by atoms with van der Waals surface area (Å²) in [4.78, 5) is 15.0. The van der Waals surface area contributed by atoms with Crippen LogP contribution in [-0.4, -0.2) is 23.1 Å². The van der Waals surface area contributed by atoms with Crippen LogP contribution in [0.5, 0.6) is 5.75 Å². The van der Waals surface area contributed by atoms with E-state index in [9.17, 15) is 10.1 Å². The van der Waals surface area contributed by atoms with Crippen molar-refractivity contribution in [1.82, 2.24) is 4.98 Å². The van der Waals surface area contributed by atoms with Crippen molar-refractivity contribution in [2.75, 3.05) is 18.5 Å². The topological polar surface area (TPSA) is 77.3 Å². The minimum Gasteiger partial charge on any atom is -0.487 e. The van der Waals surface area contributed by atoms with E-state index < -0.39 is 4.92 Å². The van der Waals surface area contributed by atoms with Crippen LogP contribution in [0.1, 0.15) is 12.6 Å². The van der Waals surface area contributed by atoms with Crippen LogP contribution >= 0.6 is 0 Å². The van der Waals surface area contributed by atoms with Crippen LogP contribution in [0.3, 0.4) is 0 Å². The van der Waals surface area contributed by atoms with Gasteiger partial charge in [0.05, 0.1) is 11.5 Å². The molecule has 0 saturated heterocycles. The number of pyridine rings is 1. The summed E-state index contributed by atoms with van der Waals surface area (Å²) >= 11 is 0. The Bertz CT molecular complexity index is 602. The van der Waals surface area contributed by atoms with Crippen molar-refractivity contribution in [3.63, 3.8) is 0 Å². The molecule has 0 aliphatic rings. The summed E-state index contributed by atoms with van der Waals surface area (Å²) in [6.07, 6.45) is 2.42. The van der Waals surface area contributed by atoms with Gasteiger partial charge in [-0.15, -0.1) is 0 Å². The van der Waals surface area contributed by atoms with Gasteiger partial charge in [-0.25, -0.2) is 0 Å². The molecule has 0 bridgehead atoms. The largest absolute Gasteiger partial charge is 0.487 e. The highest BCUT2D eigenvalue weighted by molar-refractivity contribution is 5.68. The van der Waals surface area contributed by atoms with Gasteiger partial charge in [-0.1, -0.05) is 12.1 Å². The summed E-state index contributed by atoms with van der Waals surface area (Å²) in [5, 5.41) is 14.3. The molecule has 0 unspecified atom stereocenters. The average molecular weight is 287 g/mol. The van der Waals surface area contributed by atoms with Crippen molar-refractivity contribution >= 4 is 11.4 Å². The highest BCUT2D eigenvalue weighted by Gasteiger charge is 2.20. The van der Waals surface area contributed by atoms with Crippen LogP contribution in [0.25, 0.3) is 0 Å². The number of nitro groups is 1. The average Bonchev–Trinajstić information content (AvgIpc) is 2.48. The zero-order valence-corrected chi connectivity index (χ0v) is 11.8. The van der Waals surface area contributed by atoms with Crippen molar-refractivity contribution in [2.24, 2.45) is 0 Å². The predicted octanol–water partition coefficient (Wildman–Crippen LogP) is 3.04. The van der Waals surface area contributed by atoms with E-state index in [0.717, 1.165) is 5.69 Å². The Labute approximate surface area is 122 Å². The molecule has 1 heterocycles. The lowest BCUT2D eigenvalue weighted by atomic mass is 10.2. The van der Waals surface area contributed by atoms with Crippen molar-refractivity contribution in [3.8, 4) is 5.75 Å². The molecule has 2 rings (SSSR count). The molecular formula is C15H17N3O3. The summed E-state index contributed by atoms with van der Waals surface area (Å²) < 4.78 is 5.31. The molecule has 0 amide bonds. The number of nitrogens with one attached hydrogen (secondary N) is 1. The van der Waals surface area contributed by atoms with Crippen molar-refractivity contribution in [3.05, 3.63) is 58.4 Å². The van der Waals surface area contributed by atoms with Gasteiger partial charge in [-0.2, -0.15) is 0 Å². The number of hydrogen-bond donors (Lipinski definition) is 1. The maximum Gasteiger partial charge on any atom is 0.333 e. The Morgan fingerprint density at radius 1 is 1.29 bits per heavy atom. The molecule has 6 heteroatoms. The second-order valence-electron chi connectivity index (χ2n) is 4.34. The minimum atomic E-state index is -0.423. The van der Waals surface area contributed by atoms with E-state index in [4.69, 9.17) is 4.74 Å². The molecule has 0 radical (unpaired) electrons. The summed E-state index contributed by atoms with van der Waals surface area (Å²) in [6, 6.07) is 10.7. The third-order valence-corrected chi connectivity index (χ3v) is 2.90. The molecular weight excluding hydrogens is 270 g/mol. The van der Waals surface area contributed by atoms with Crippen LogP contribution < -0.4 is 10.1 Å². The number of hydrogen-bond acceptors (Lipinski definition) is 5.